The normalized spacial score (nSPS) is 11.1. The predicted molar refractivity (Wildman–Crippen MR) is 70.9 cm³/mol. The number of aromatic nitrogens is 2. The van der Waals surface area contributed by atoms with E-state index < -0.39 is 12.9 Å². The van der Waals surface area contributed by atoms with Gasteiger partial charge < -0.3 is 14.2 Å². The van der Waals surface area contributed by atoms with Crippen molar-refractivity contribution in [3.63, 3.8) is 0 Å². The summed E-state index contributed by atoms with van der Waals surface area (Å²) < 4.78 is 39.6. The fourth-order valence-corrected chi connectivity index (χ4v) is 1.82. The van der Waals surface area contributed by atoms with Crippen LogP contribution in [0.25, 0.3) is 11.4 Å². The number of methoxy groups -OCH3 is 2. The lowest BCUT2D eigenvalue weighted by atomic mass is 10.2. The minimum Gasteiger partial charge on any atom is -0.434 e. The van der Waals surface area contributed by atoms with E-state index in [4.69, 9.17) is 9.47 Å². The minimum absolute atomic E-state index is 0.0102. The molecule has 0 saturated heterocycles. The predicted octanol–water partition coefficient (Wildman–Crippen LogP) is 3.04. The third-order valence-corrected chi connectivity index (χ3v) is 2.69. The summed E-state index contributed by atoms with van der Waals surface area (Å²) in [5, 5.41) is 0. The van der Waals surface area contributed by atoms with Gasteiger partial charge in [-0.1, -0.05) is 12.1 Å². The van der Waals surface area contributed by atoms with Crippen LogP contribution in [-0.2, 0) is 9.47 Å². The van der Waals surface area contributed by atoms with Crippen molar-refractivity contribution >= 4 is 0 Å². The van der Waals surface area contributed by atoms with E-state index >= 15 is 0 Å². The Morgan fingerprint density at radius 2 is 1.76 bits per heavy atom. The average molecular weight is 296 g/mol. The van der Waals surface area contributed by atoms with Gasteiger partial charge >= 0.3 is 6.61 Å². The Bertz CT molecular complexity index is 592. The molecular formula is C14H14F2N2O3. The van der Waals surface area contributed by atoms with Crippen LogP contribution in [0.5, 0.6) is 5.75 Å². The molecule has 0 aliphatic rings. The molecule has 2 aromatic rings. The summed E-state index contributed by atoms with van der Waals surface area (Å²) in [5.74, 6) is 0.263. The highest BCUT2D eigenvalue weighted by Crippen LogP contribution is 2.29. The molecule has 21 heavy (non-hydrogen) atoms. The zero-order valence-corrected chi connectivity index (χ0v) is 11.5. The fourth-order valence-electron chi connectivity index (χ4n) is 1.82. The number of hydrogen-bond donors (Lipinski definition) is 0. The second-order valence-corrected chi connectivity index (χ2v) is 3.98. The van der Waals surface area contributed by atoms with Gasteiger partial charge in [-0.05, 0) is 18.2 Å². The highest BCUT2D eigenvalue weighted by molar-refractivity contribution is 5.63. The Morgan fingerprint density at radius 3 is 2.43 bits per heavy atom. The number of alkyl halides is 2. The Balaban J connectivity index is 2.40. The van der Waals surface area contributed by atoms with Crippen molar-refractivity contribution in [3.05, 3.63) is 42.2 Å². The largest absolute Gasteiger partial charge is 0.434 e. The number of nitrogens with zero attached hydrogens (tertiary/aromatic N) is 2. The molecule has 1 heterocycles. The smallest absolute Gasteiger partial charge is 0.387 e. The molecule has 0 atom stereocenters. The minimum atomic E-state index is -2.92. The summed E-state index contributed by atoms with van der Waals surface area (Å²) in [6.07, 6.45) is 0.844. The first-order chi connectivity index (χ1) is 10.2. The number of benzene rings is 1. The van der Waals surface area contributed by atoms with Gasteiger partial charge in [0.1, 0.15) is 11.4 Å². The summed E-state index contributed by atoms with van der Waals surface area (Å²) >= 11 is 0. The first-order valence-electron chi connectivity index (χ1n) is 6.08. The third kappa shape index (κ3) is 3.71. The van der Waals surface area contributed by atoms with E-state index in [0.717, 1.165) is 0 Å². The Kier molecular flexibility index (Phi) is 5.13. The zero-order valence-electron chi connectivity index (χ0n) is 11.5. The van der Waals surface area contributed by atoms with Crippen LogP contribution in [-0.4, -0.2) is 30.8 Å². The van der Waals surface area contributed by atoms with E-state index in [1.807, 2.05) is 0 Å². The molecule has 0 aliphatic carbocycles. The molecule has 0 fully saturated rings. The Morgan fingerprint density at radius 1 is 1.05 bits per heavy atom. The van der Waals surface area contributed by atoms with Gasteiger partial charge in [0.2, 0.25) is 6.29 Å². The van der Waals surface area contributed by atoms with Crippen LogP contribution in [0.1, 0.15) is 12.0 Å². The van der Waals surface area contributed by atoms with Crippen LogP contribution < -0.4 is 4.74 Å². The van der Waals surface area contributed by atoms with Crippen molar-refractivity contribution < 1.29 is 23.0 Å². The lowest BCUT2D eigenvalue weighted by Crippen LogP contribution is -2.08. The topological polar surface area (TPSA) is 53.5 Å². The molecule has 0 spiro atoms. The molecule has 0 N–H and O–H groups in total. The van der Waals surface area contributed by atoms with Gasteiger partial charge in [0.15, 0.2) is 5.82 Å². The first-order valence-corrected chi connectivity index (χ1v) is 6.08. The van der Waals surface area contributed by atoms with Crippen molar-refractivity contribution in [1.82, 2.24) is 9.97 Å². The number of para-hydroxylation sites is 1. The standard InChI is InChI=1S/C14H14F2N2O3/c1-19-13(20-2)10-7-8-17-12(18-10)9-5-3-4-6-11(9)21-14(15)16/h3-8,13-14H,1-2H3. The summed E-state index contributed by atoms with van der Waals surface area (Å²) in [5.41, 5.74) is 0.849. The molecule has 0 bridgehead atoms. The molecular weight excluding hydrogens is 282 g/mol. The summed E-state index contributed by atoms with van der Waals surface area (Å²) in [7, 11) is 2.95. The molecule has 5 nitrogen and oxygen atoms in total. The van der Waals surface area contributed by atoms with Crippen LogP contribution in [0.2, 0.25) is 0 Å². The molecule has 0 aliphatic heterocycles. The zero-order chi connectivity index (χ0) is 15.2. The van der Waals surface area contributed by atoms with Crippen molar-refractivity contribution in [1.29, 1.82) is 0 Å². The Hall–Kier alpha value is -2.12. The number of rotatable bonds is 6. The van der Waals surface area contributed by atoms with E-state index in [9.17, 15) is 8.78 Å². The highest BCUT2D eigenvalue weighted by Gasteiger charge is 2.16. The maximum Gasteiger partial charge on any atom is 0.387 e. The van der Waals surface area contributed by atoms with Gasteiger partial charge in [-0.15, -0.1) is 0 Å². The van der Waals surface area contributed by atoms with E-state index in [2.05, 4.69) is 14.7 Å². The monoisotopic (exact) mass is 296 g/mol. The molecule has 2 rings (SSSR count). The Labute approximate surface area is 120 Å². The molecule has 7 heteroatoms. The van der Waals surface area contributed by atoms with Crippen molar-refractivity contribution in [2.24, 2.45) is 0 Å². The van der Waals surface area contributed by atoms with Crippen LogP contribution in [0.4, 0.5) is 8.78 Å². The fraction of sp³-hybridized carbons (Fsp3) is 0.286. The quantitative estimate of drug-likeness (QED) is 0.767. The van der Waals surface area contributed by atoms with E-state index in [1.165, 1.54) is 26.5 Å². The number of ether oxygens (including phenoxy) is 3. The first kappa shape index (κ1) is 15.3. The van der Waals surface area contributed by atoms with Gasteiger partial charge in [-0.25, -0.2) is 9.97 Å². The number of hydrogen-bond acceptors (Lipinski definition) is 5. The number of halogens is 2. The molecule has 1 aromatic heterocycles. The van der Waals surface area contributed by atoms with E-state index in [0.29, 0.717) is 11.3 Å². The molecule has 1 aromatic carbocycles. The van der Waals surface area contributed by atoms with Crippen LogP contribution in [0.3, 0.4) is 0 Å². The summed E-state index contributed by atoms with van der Waals surface area (Å²) in [6, 6.07) is 7.94. The van der Waals surface area contributed by atoms with Crippen molar-refractivity contribution in [3.8, 4) is 17.1 Å². The van der Waals surface area contributed by atoms with Crippen LogP contribution in [0.15, 0.2) is 36.5 Å². The van der Waals surface area contributed by atoms with Crippen molar-refractivity contribution in [2.75, 3.05) is 14.2 Å². The van der Waals surface area contributed by atoms with E-state index in [1.54, 1.807) is 24.3 Å². The molecule has 0 unspecified atom stereocenters. The highest BCUT2D eigenvalue weighted by atomic mass is 19.3. The van der Waals surface area contributed by atoms with Gasteiger partial charge in [0.25, 0.3) is 0 Å². The lowest BCUT2D eigenvalue weighted by molar-refractivity contribution is -0.108. The lowest BCUT2D eigenvalue weighted by Gasteiger charge is -2.14. The van der Waals surface area contributed by atoms with Gasteiger partial charge in [-0.3, -0.25) is 0 Å². The maximum absolute atomic E-state index is 12.4. The van der Waals surface area contributed by atoms with E-state index in [-0.39, 0.29) is 11.6 Å². The van der Waals surface area contributed by atoms with Crippen LogP contribution >= 0.6 is 0 Å². The van der Waals surface area contributed by atoms with Gasteiger partial charge in [-0.2, -0.15) is 8.78 Å². The summed E-state index contributed by atoms with van der Waals surface area (Å²) in [6.45, 7) is -2.92. The molecule has 112 valence electrons. The second-order valence-electron chi connectivity index (χ2n) is 3.98. The maximum atomic E-state index is 12.4. The SMILES string of the molecule is COC(OC)c1ccnc(-c2ccccc2OC(F)F)n1. The summed E-state index contributed by atoms with van der Waals surface area (Å²) in [4.78, 5) is 8.35. The van der Waals surface area contributed by atoms with Crippen LogP contribution in [0, 0.1) is 0 Å². The van der Waals surface area contributed by atoms with Gasteiger partial charge in [0, 0.05) is 20.4 Å². The van der Waals surface area contributed by atoms with Crippen molar-refractivity contribution in [2.45, 2.75) is 12.9 Å². The molecule has 0 radical (unpaired) electrons. The second kappa shape index (κ2) is 7.05. The molecule has 0 amide bonds. The molecule has 0 saturated carbocycles. The van der Waals surface area contributed by atoms with Gasteiger partial charge in [0.05, 0.1) is 5.56 Å². The average Bonchev–Trinajstić information content (AvgIpc) is 2.49. The third-order valence-electron chi connectivity index (χ3n) is 2.69.